The van der Waals surface area contributed by atoms with Crippen LogP contribution < -0.4 is 10.5 Å². The second-order valence-corrected chi connectivity index (χ2v) is 6.18. The van der Waals surface area contributed by atoms with Gasteiger partial charge in [-0.15, -0.1) is 0 Å². The molecule has 0 saturated carbocycles. The third-order valence-electron chi connectivity index (χ3n) is 2.78. The molecule has 1 heterocycles. The Balaban J connectivity index is 2.79. The number of amidine groups is 1. The molecule has 0 radical (unpaired) electrons. The number of hydrogen-bond acceptors (Lipinski definition) is 4. The van der Waals surface area contributed by atoms with Gasteiger partial charge in [-0.1, -0.05) is 19.0 Å². The Hall–Kier alpha value is -0.860. The molecule has 0 amide bonds. The molecule has 7 nitrogen and oxygen atoms in total. The summed E-state index contributed by atoms with van der Waals surface area (Å²) in [5.74, 6) is -0.217. The average molecular weight is 264 g/mol. The van der Waals surface area contributed by atoms with Crippen molar-refractivity contribution in [3.8, 4) is 0 Å². The molecule has 17 heavy (non-hydrogen) atoms. The van der Waals surface area contributed by atoms with Crippen LogP contribution in [0.15, 0.2) is 5.16 Å². The van der Waals surface area contributed by atoms with E-state index >= 15 is 0 Å². The van der Waals surface area contributed by atoms with E-state index in [0.29, 0.717) is 13.1 Å². The highest BCUT2D eigenvalue weighted by Crippen LogP contribution is 2.13. The number of oxime groups is 1. The minimum absolute atomic E-state index is 0.0942. The Morgan fingerprint density at radius 1 is 1.41 bits per heavy atom. The highest BCUT2D eigenvalue weighted by atomic mass is 32.2. The number of nitrogens with one attached hydrogen (secondary N) is 1. The van der Waals surface area contributed by atoms with Gasteiger partial charge in [0.15, 0.2) is 5.84 Å². The molecule has 1 aliphatic rings. The maximum atomic E-state index is 12.0. The summed E-state index contributed by atoms with van der Waals surface area (Å²) >= 11 is 0. The van der Waals surface area contributed by atoms with Crippen molar-refractivity contribution in [1.82, 2.24) is 9.03 Å². The fraction of sp³-hybridized carbons (Fsp3) is 0.889. The minimum atomic E-state index is -3.55. The first-order chi connectivity index (χ1) is 7.88. The Labute approximate surface area is 102 Å². The Morgan fingerprint density at radius 2 is 1.94 bits per heavy atom. The van der Waals surface area contributed by atoms with Gasteiger partial charge in [0.1, 0.15) is 0 Å². The van der Waals surface area contributed by atoms with Gasteiger partial charge in [0.25, 0.3) is 10.2 Å². The highest BCUT2D eigenvalue weighted by molar-refractivity contribution is 7.87. The molecule has 100 valence electrons. The zero-order valence-electron chi connectivity index (χ0n) is 10.1. The molecule has 4 N–H and O–H groups in total. The molecule has 0 spiro atoms. The zero-order valence-corrected chi connectivity index (χ0v) is 10.9. The van der Waals surface area contributed by atoms with Crippen LogP contribution in [0.5, 0.6) is 0 Å². The van der Waals surface area contributed by atoms with Crippen molar-refractivity contribution in [2.24, 2.45) is 16.8 Å². The summed E-state index contributed by atoms with van der Waals surface area (Å²) in [7, 11) is -3.55. The topological polar surface area (TPSA) is 108 Å². The highest BCUT2D eigenvalue weighted by Gasteiger charge is 2.30. The maximum Gasteiger partial charge on any atom is 0.280 e. The molecule has 8 heteroatoms. The molecular weight excluding hydrogens is 244 g/mol. The summed E-state index contributed by atoms with van der Waals surface area (Å²) in [5.41, 5.74) is 5.48. The lowest BCUT2D eigenvalue weighted by Gasteiger charge is -2.24. The van der Waals surface area contributed by atoms with E-state index in [1.165, 1.54) is 4.31 Å². The molecule has 1 aliphatic heterocycles. The van der Waals surface area contributed by atoms with Gasteiger partial charge in [0, 0.05) is 13.1 Å². The van der Waals surface area contributed by atoms with Crippen LogP contribution in [-0.4, -0.2) is 42.9 Å². The molecule has 1 atom stereocenters. The van der Waals surface area contributed by atoms with Crippen molar-refractivity contribution in [2.45, 2.75) is 32.7 Å². The third kappa shape index (κ3) is 3.55. The number of nitrogens with two attached hydrogens (primary N) is 1. The van der Waals surface area contributed by atoms with E-state index in [4.69, 9.17) is 10.9 Å². The summed E-state index contributed by atoms with van der Waals surface area (Å²) in [6.07, 6.45) is 1.74. The SMILES string of the molecule is CC(C)C(NS(=O)(=O)N1CCCC1)C(N)=NO. The summed E-state index contributed by atoms with van der Waals surface area (Å²) in [6, 6.07) is -0.689. The number of nitrogens with zero attached hydrogens (tertiary/aromatic N) is 2. The van der Waals surface area contributed by atoms with Gasteiger partial charge in [0.05, 0.1) is 6.04 Å². The number of hydrogen-bond donors (Lipinski definition) is 3. The fourth-order valence-corrected chi connectivity index (χ4v) is 3.37. The monoisotopic (exact) mass is 264 g/mol. The third-order valence-corrected chi connectivity index (χ3v) is 4.38. The van der Waals surface area contributed by atoms with Gasteiger partial charge in [-0.25, -0.2) is 0 Å². The van der Waals surface area contributed by atoms with Gasteiger partial charge >= 0.3 is 0 Å². The normalized spacial score (nSPS) is 21.0. The zero-order chi connectivity index (χ0) is 13.1. The van der Waals surface area contributed by atoms with Crippen molar-refractivity contribution in [3.63, 3.8) is 0 Å². The van der Waals surface area contributed by atoms with Crippen molar-refractivity contribution in [2.75, 3.05) is 13.1 Å². The van der Waals surface area contributed by atoms with Crippen LogP contribution in [0.2, 0.25) is 0 Å². The molecule has 0 aromatic carbocycles. The molecule has 0 aromatic rings. The first kappa shape index (κ1) is 14.2. The maximum absolute atomic E-state index is 12.0. The Morgan fingerprint density at radius 3 is 2.35 bits per heavy atom. The van der Waals surface area contributed by atoms with Crippen molar-refractivity contribution < 1.29 is 13.6 Å². The molecule has 0 aliphatic carbocycles. The van der Waals surface area contributed by atoms with E-state index in [-0.39, 0.29) is 11.8 Å². The minimum Gasteiger partial charge on any atom is -0.409 e. The second kappa shape index (κ2) is 5.65. The summed E-state index contributed by atoms with van der Waals surface area (Å²) in [6.45, 7) is 4.65. The predicted molar refractivity (Wildman–Crippen MR) is 64.9 cm³/mol. The molecule has 1 rings (SSSR count). The molecule has 1 saturated heterocycles. The standard InChI is InChI=1S/C9H20N4O3S/c1-7(2)8(9(10)11-14)12-17(15,16)13-5-3-4-6-13/h7-8,12,14H,3-6H2,1-2H3,(H2,10,11). The first-order valence-corrected chi connectivity index (χ1v) is 7.07. The average Bonchev–Trinajstić information content (AvgIpc) is 2.78. The van der Waals surface area contributed by atoms with E-state index in [0.717, 1.165) is 12.8 Å². The molecule has 1 unspecified atom stereocenters. The van der Waals surface area contributed by atoms with Crippen molar-refractivity contribution >= 4 is 16.0 Å². The summed E-state index contributed by atoms with van der Waals surface area (Å²) < 4.78 is 27.8. The van der Waals surface area contributed by atoms with Crippen LogP contribution >= 0.6 is 0 Å². The number of rotatable bonds is 5. The molecule has 0 bridgehead atoms. The lowest BCUT2D eigenvalue weighted by atomic mass is 10.1. The van der Waals surface area contributed by atoms with Crippen molar-refractivity contribution in [3.05, 3.63) is 0 Å². The van der Waals surface area contributed by atoms with Crippen LogP contribution in [0.3, 0.4) is 0 Å². The van der Waals surface area contributed by atoms with E-state index in [1.54, 1.807) is 13.8 Å². The van der Waals surface area contributed by atoms with Gasteiger partial charge in [0.2, 0.25) is 0 Å². The molecule has 1 fully saturated rings. The Kier molecular flexibility index (Phi) is 4.72. The van der Waals surface area contributed by atoms with Crippen LogP contribution in [0.25, 0.3) is 0 Å². The lowest BCUT2D eigenvalue weighted by Crippen LogP contribution is -2.52. The van der Waals surface area contributed by atoms with Crippen molar-refractivity contribution in [1.29, 1.82) is 0 Å². The van der Waals surface area contributed by atoms with E-state index in [9.17, 15) is 8.42 Å². The van der Waals surface area contributed by atoms with Gasteiger partial charge in [-0.2, -0.15) is 17.4 Å². The van der Waals surface area contributed by atoms with Crippen LogP contribution in [-0.2, 0) is 10.2 Å². The summed E-state index contributed by atoms with van der Waals surface area (Å²) in [4.78, 5) is 0. The summed E-state index contributed by atoms with van der Waals surface area (Å²) in [5, 5.41) is 11.5. The molecular formula is C9H20N4O3S. The quantitative estimate of drug-likeness (QED) is 0.274. The van der Waals surface area contributed by atoms with Crippen LogP contribution in [0, 0.1) is 5.92 Å². The molecule has 0 aromatic heterocycles. The predicted octanol–water partition coefficient (Wildman–Crippen LogP) is -0.312. The van der Waals surface area contributed by atoms with E-state index in [2.05, 4.69) is 9.88 Å². The van der Waals surface area contributed by atoms with Crippen LogP contribution in [0.1, 0.15) is 26.7 Å². The smallest absolute Gasteiger partial charge is 0.280 e. The second-order valence-electron chi connectivity index (χ2n) is 4.48. The van der Waals surface area contributed by atoms with Gasteiger partial charge < -0.3 is 10.9 Å². The lowest BCUT2D eigenvalue weighted by molar-refractivity contribution is 0.313. The van der Waals surface area contributed by atoms with Gasteiger partial charge in [-0.05, 0) is 18.8 Å². The Bertz CT molecular complexity index is 374. The van der Waals surface area contributed by atoms with Crippen LogP contribution in [0.4, 0.5) is 0 Å². The van der Waals surface area contributed by atoms with E-state index < -0.39 is 16.3 Å². The largest absolute Gasteiger partial charge is 0.409 e. The van der Waals surface area contributed by atoms with Gasteiger partial charge in [-0.3, -0.25) is 0 Å². The fourth-order valence-electron chi connectivity index (χ4n) is 1.76. The van der Waals surface area contributed by atoms with E-state index in [1.807, 2.05) is 0 Å². The first-order valence-electron chi connectivity index (χ1n) is 5.63.